The van der Waals surface area contributed by atoms with E-state index in [1.807, 2.05) is 0 Å². The van der Waals surface area contributed by atoms with Crippen LogP contribution in [-0.2, 0) is 0 Å². The van der Waals surface area contributed by atoms with E-state index in [4.69, 9.17) is 13.9 Å². The molecule has 10 nitrogen and oxygen atoms in total. The van der Waals surface area contributed by atoms with E-state index in [0.29, 0.717) is 11.1 Å². The summed E-state index contributed by atoms with van der Waals surface area (Å²) in [6.45, 7) is 0. The molecule has 206 valence electrons. The fourth-order valence-corrected chi connectivity index (χ4v) is 5.06. The Morgan fingerprint density at radius 1 is 0.780 bits per heavy atom. The quantitative estimate of drug-likeness (QED) is 0.195. The lowest BCUT2D eigenvalue weighted by Gasteiger charge is -2.29. The van der Waals surface area contributed by atoms with Crippen molar-refractivity contribution in [1.29, 1.82) is 0 Å². The largest absolute Gasteiger partial charge is 0.508 e. The van der Waals surface area contributed by atoms with Gasteiger partial charge in [-0.3, -0.25) is 9.59 Å². The zero-order valence-corrected chi connectivity index (χ0v) is 21.4. The molecule has 0 fully saturated rings. The number of fused-ring (bicyclic) bond motifs is 2. The van der Waals surface area contributed by atoms with Crippen molar-refractivity contribution in [2.45, 2.75) is 12.5 Å². The second-order valence-corrected chi connectivity index (χ2v) is 9.55. The lowest BCUT2D eigenvalue weighted by atomic mass is 9.90. The number of aromatic hydroxyl groups is 5. The summed E-state index contributed by atoms with van der Waals surface area (Å²) in [5, 5.41) is 51.2. The Morgan fingerprint density at radius 3 is 2.24 bits per heavy atom. The summed E-state index contributed by atoms with van der Waals surface area (Å²) < 4.78 is 17.6. The predicted molar refractivity (Wildman–Crippen MR) is 147 cm³/mol. The van der Waals surface area contributed by atoms with Gasteiger partial charge in [0.15, 0.2) is 11.2 Å². The minimum atomic E-state index is -0.774. The van der Waals surface area contributed by atoms with Gasteiger partial charge in [-0.1, -0.05) is 12.1 Å². The molecule has 0 saturated heterocycles. The van der Waals surface area contributed by atoms with E-state index >= 15 is 0 Å². The lowest BCUT2D eigenvalue weighted by Crippen LogP contribution is -2.21. The van der Waals surface area contributed by atoms with Crippen molar-refractivity contribution in [3.05, 3.63) is 88.1 Å². The number of hydrogen-bond acceptors (Lipinski definition) is 10. The van der Waals surface area contributed by atoms with Gasteiger partial charge in [-0.25, -0.2) is 0 Å². The smallest absolute Gasteiger partial charge is 0.197 e. The molecule has 10 heteroatoms. The summed E-state index contributed by atoms with van der Waals surface area (Å²) >= 11 is 0. The van der Waals surface area contributed by atoms with E-state index in [2.05, 4.69) is 0 Å². The van der Waals surface area contributed by atoms with Crippen molar-refractivity contribution < 1.29 is 44.2 Å². The molecular formula is C31H22O10. The van der Waals surface area contributed by atoms with Crippen molar-refractivity contribution in [3.63, 3.8) is 0 Å². The van der Waals surface area contributed by atoms with Gasteiger partial charge in [-0.15, -0.1) is 0 Å². The molecule has 5 aromatic rings. The standard InChI is InChI=1S/C31H22O10/c1-39-24-7-4-15(26-12-22(37)29-19(34)9-17(33)10-27(29)40-26)8-18(24)28-20(35)11-21(36)30-23(38)13-25(41-31(28)30)14-2-5-16(32)6-3-14/h2-12,25,32-36H,13H2,1H3. The number of carbonyl (C=O) groups is 1. The molecule has 0 amide bonds. The Kier molecular flexibility index (Phi) is 5.95. The van der Waals surface area contributed by atoms with E-state index in [0.717, 1.165) is 12.1 Å². The third-order valence-corrected chi connectivity index (χ3v) is 6.96. The highest BCUT2D eigenvalue weighted by atomic mass is 16.5. The molecule has 2 heterocycles. The van der Waals surface area contributed by atoms with Crippen LogP contribution in [0, 0.1) is 0 Å². The Morgan fingerprint density at radius 2 is 1.51 bits per heavy atom. The van der Waals surface area contributed by atoms with Crippen molar-refractivity contribution in [2.75, 3.05) is 7.11 Å². The van der Waals surface area contributed by atoms with Crippen LogP contribution in [0.3, 0.4) is 0 Å². The number of benzene rings is 4. The predicted octanol–water partition coefficient (Wildman–Crippen LogP) is 5.37. The van der Waals surface area contributed by atoms with Gasteiger partial charge >= 0.3 is 0 Å². The van der Waals surface area contributed by atoms with Crippen LogP contribution in [0.15, 0.2) is 75.9 Å². The van der Waals surface area contributed by atoms with Gasteiger partial charge in [0.05, 0.1) is 19.1 Å². The first-order valence-corrected chi connectivity index (χ1v) is 12.4. The Labute approximate surface area is 231 Å². The summed E-state index contributed by atoms with van der Waals surface area (Å²) in [6, 6.07) is 15.3. The van der Waals surface area contributed by atoms with Crippen LogP contribution in [-0.4, -0.2) is 38.4 Å². The molecule has 1 unspecified atom stereocenters. The number of Topliss-reactive ketones (excluding diaryl/α,β-unsaturated/α-hetero) is 1. The third kappa shape index (κ3) is 4.31. The van der Waals surface area contributed by atoms with E-state index in [1.165, 1.54) is 31.4 Å². The minimum absolute atomic E-state index is 0.0413. The number of hydrogen-bond donors (Lipinski definition) is 5. The van der Waals surface area contributed by atoms with Gasteiger partial charge in [0, 0.05) is 35.4 Å². The molecule has 0 bridgehead atoms. The molecule has 5 N–H and O–H groups in total. The Bertz CT molecular complexity index is 1920. The number of carbonyl (C=O) groups excluding carboxylic acids is 1. The highest BCUT2D eigenvalue weighted by Gasteiger charge is 2.35. The molecule has 0 aliphatic carbocycles. The SMILES string of the molecule is COc1ccc(-c2cc(=O)c3c(O)cc(O)cc3o2)cc1-c1c(O)cc(O)c2c1OC(c1ccc(O)cc1)CC2=O. The van der Waals surface area contributed by atoms with Crippen molar-refractivity contribution in [2.24, 2.45) is 0 Å². The van der Waals surface area contributed by atoms with Crippen LogP contribution in [0.1, 0.15) is 28.4 Å². The number of phenols is 5. The maximum Gasteiger partial charge on any atom is 0.197 e. The van der Waals surface area contributed by atoms with E-state index in [-0.39, 0.29) is 62.8 Å². The average Bonchev–Trinajstić information content (AvgIpc) is 2.92. The monoisotopic (exact) mass is 554 g/mol. The molecule has 0 radical (unpaired) electrons. The van der Waals surface area contributed by atoms with Crippen LogP contribution in [0.2, 0.25) is 0 Å². The van der Waals surface area contributed by atoms with E-state index in [1.54, 1.807) is 30.3 Å². The summed E-state index contributed by atoms with van der Waals surface area (Å²) in [6.07, 6.45) is -0.863. The fourth-order valence-electron chi connectivity index (χ4n) is 5.06. The fraction of sp³-hybridized carbons (Fsp3) is 0.0968. The highest BCUT2D eigenvalue weighted by Crippen LogP contribution is 2.52. The van der Waals surface area contributed by atoms with Crippen LogP contribution in [0.25, 0.3) is 33.4 Å². The highest BCUT2D eigenvalue weighted by molar-refractivity contribution is 6.06. The molecule has 6 rings (SSSR count). The second kappa shape index (κ2) is 9.53. The first kappa shape index (κ1) is 25.6. The summed E-state index contributed by atoms with van der Waals surface area (Å²) in [5.41, 5.74) is 0.584. The number of methoxy groups -OCH3 is 1. The molecule has 41 heavy (non-hydrogen) atoms. The van der Waals surface area contributed by atoms with Gasteiger partial charge in [0.2, 0.25) is 0 Å². The number of ether oxygens (including phenoxy) is 2. The van der Waals surface area contributed by atoms with Gasteiger partial charge in [-0.2, -0.15) is 0 Å². The molecule has 1 atom stereocenters. The molecule has 1 aromatic heterocycles. The molecule has 1 aliphatic heterocycles. The topological polar surface area (TPSA) is 167 Å². The molecule has 0 saturated carbocycles. The van der Waals surface area contributed by atoms with Crippen LogP contribution < -0.4 is 14.9 Å². The molecular weight excluding hydrogens is 532 g/mol. The van der Waals surface area contributed by atoms with Crippen molar-refractivity contribution in [3.8, 4) is 62.7 Å². The van der Waals surface area contributed by atoms with Crippen LogP contribution in [0.5, 0.6) is 40.2 Å². The molecule has 0 spiro atoms. The molecule has 1 aliphatic rings. The Balaban J connectivity index is 1.55. The van der Waals surface area contributed by atoms with E-state index in [9.17, 15) is 35.1 Å². The third-order valence-electron chi connectivity index (χ3n) is 6.96. The maximum absolute atomic E-state index is 13.2. The van der Waals surface area contributed by atoms with E-state index < -0.39 is 34.6 Å². The first-order valence-electron chi connectivity index (χ1n) is 12.4. The van der Waals surface area contributed by atoms with Gasteiger partial charge in [0.25, 0.3) is 0 Å². The average molecular weight is 555 g/mol. The first-order chi connectivity index (χ1) is 19.6. The zero-order chi connectivity index (χ0) is 29.0. The van der Waals surface area contributed by atoms with Crippen LogP contribution >= 0.6 is 0 Å². The van der Waals surface area contributed by atoms with Gasteiger partial charge in [-0.05, 0) is 35.9 Å². The zero-order valence-electron chi connectivity index (χ0n) is 21.4. The summed E-state index contributed by atoms with van der Waals surface area (Å²) in [5.74, 6) is -1.66. The van der Waals surface area contributed by atoms with Crippen molar-refractivity contribution >= 4 is 16.8 Å². The summed E-state index contributed by atoms with van der Waals surface area (Å²) in [4.78, 5) is 26.0. The van der Waals surface area contributed by atoms with Gasteiger partial charge in [0.1, 0.15) is 68.6 Å². The molecule has 4 aromatic carbocycles. The maximum atomic E-state index is 13.2. The van der Waals surface area contributed by atoms with Gasteiger partial charge < -0.3 is 39.4 Å². The normalized spacial score (nSPS) is 14.5. The Hall–Kier alpha value is -5.64. The minimum Gasteiger partial charge on any atom is -0.508 e. The second-order valence-electron chi connectivity index (χ2n) is 9.55. The number of ketones is 1. The number of rotatable bonds is 4. The lowest BCUT2D eigenvalue weighted by molar-refractivity contribution is 0.0846. The van der Waals surface area contributed by atoms with Crippen LogP contribution in [0.4, 0.5) is 0 Å². The number of phenolic OH excluding ortho intramolecular Hbond substituents is 5. The summed E-state index contributed by atoms with van der Waals surface area (Å²) in [7, 11) is 1.41. The van der Waals surface area contributed by atoms with Crippen molar-refractivity contribution in [1.82, 2.24) is 0 Å².